The molecule has 0 unspecified atom stereocenters. The fourth-order valence-electron chi connectivity index (χ4n) is 4.69. The van der Waals surface area contributed by atoms with Gasteiger partial charge in [-0.2, -0.15) is 10.2 Å². The summed E-state index contributed by atoms with van der Waals surface area (Å²) in [5, 5.41) is 20.3. The maximum absolute atomic E-state index is 13.4. The van der Waals surface area contributed by atoms with Crippen molar-refractivity contribution in [1.82, 2.24) is 14.8 Å². The van der Waals surface area contributed by atoms with Crippen molar-refractivity contribution < 1.29 is 14.7 Å². The minimum Gasteiger partial charge on any atom is -0.481 e. The number of hydrogen-bond donors (Lipinski definition) is 1. The van der Waals surface area contributed by atoms with E-state index in [9.17, 15) is 9.59 Å². The monoisotopic (exact) mass is 492 g/mol. The highest BCUT2D eigenvalue weighted by Gasteiger charge is 2.36. The van der Waals surface area contributed by atoms with Gasteiger partial charge in [-0.1, -0.05) is 72.8 Å². The van der Waals surface area contributed by atoms with Crippen molar-refractivity contribution in [1.29, 1.82) is 0 Å². The van der Waals surface area contributed by atoms with Crippen molar-refractivity contribution >= 4 is 17.6 Å². The summed E-state index contributed by atoms with van der Waals surface area (Å²) in [6, 6.07) is 27.4. The largest absolute Gasteiger partial charge is 0.481 e. The molecule has 4 aromatic rings. The lowest BCUT2D eigenvalue weighted by atomic mass is 9.95. The molecular formula is C30H28N4O3. The highest BCUT2D eigenvalue weighted by Crippen LogP contribution is 2.39. The predicted molar refractivity (Wildman–Crippen MR) is 142 cm³/mol. The second-order valence-corrected chi connectivity index (χ2v) is 9.15. The first-order valence-electron chi connectivity index (χ1n) is 12.4. The van der Waals surface area contributed by atoms with Crippen LogP contribution in [0.25, 0.3) is 16.9 Å². The molecule has 186 valence electrons. The molecule has 0 radical (unpaired) electrons. The minimum atomic E-state index is -0.912. The van der Waals surface area contributed by atoms with E-state index in [4.69, 9.17) is 15.3 Å². The number of benzene rings is 3. The normalized spacial score (nSPS) is 15.0. The van der Waals surface area contributed by atoms with Crippen molar-refractivity contribution in [3.63, 3.8) is 0 Å². The van der Waals surface area contributed by atoms with E-state index in [1.165, 1.54) is 5.01 Å². The Balaban J connectivity index is 1.59. The molecule has 7 nitrogen and oxygen atoms in total. The van der Waals surface area contributed by atoms with Gasteiger partial charge in [-0.15, -0.1) is 0 Å². The Morgan fingerprint density at radius 2 is 1.59 bits per heavy atom. The van der Waals surface area contributed by atoms with E-state index in [1.54, 1.807) is 0 Å². The average molecular weight is 493 g/mol. The van der Waals surface area contributed by atoms with Gasteiger partial charge in [0.25, 0.3) is 0 Å². The molecule has 1 aliphatic heterocycles. The summed E-state index contributed by atoms with van der Waals surface area (Å²) in [4.78, 5) is 24.4. The lowest BCUT2D eigenvalue weighted by Gasteiger charge is -2.22. The zero-order valence-corrected chi connectivity index (χ0v) is 20.6. The third-order valence-electron chi connectivity index (χ3n) is 6.58. The van der Waals surface area contributed by atoms with Crippen molar-refractivity contribution in [2.45, 2.75) is 38.6 Å². The first-order valence-corrected chi connectivity index (χ1v) is 12.4. The van der Waals surface area contributed by atoms with Crippen molar-refractivity contribution in [3.8, 4) is 16.9 Å². The maximum atomic E-state index is 13.4. The van der Waals surface area contributed by atoms with E-state index >= 15 is 0 Å². The number of rotatable bonds is 8. The van der Waals surface area contributed by atoms with Gasteiger partial charge in [0.2, 0.25) is 5.91 Å². The SMILES string of the molecule is Cc1ccccc1-c1nn(-c2ccccc2)cc1[C@@H]1CC(c2ccccc2)=NN1C(=O)CCCC(=O)O. The number of nitrogens with zero attached hydrogens (tertiary/aromatic N) is 4. The van der Waals surface area contributed by atoms with E-state index in [-0.39, 0.29) is 31.2 Å². The van der Waals surface area contributed by atoms with Crippen molar-refractivity contribution in [2.24, 2.45) is 5.10 Å². The van der Waals surface area contributed by atoms with Crippen LogP contribution in [0.4, 0.5) is 0 Å². The van der Waals surface area contributed by atoms with Crippen LogP contribution >= 0.6 is 0 Å². The standard InChI is InChI=1S/C30H28N4O3/c1-21-11-8-9-16-24(21)30-25(20-33(32-30)23-14-6-3-7-15-23)27-19-26(22-12-4-2-5-13-22)31-34(27)28(35)17-10-18-29(36)37/h2-9,11-16,20,27H,10,17-19H2,1H3,(H,36,37)/t27-/m0/s1. The molecule has 0 saturated heterocycles. The molecule has 0 saturated carbocycles. The number of carbonyl (C=O) groups is 2. The van der Waals surface area contributed by atoms with Gasteiger partial charge in [0.1, 0.15) is 0 Å². The van der Waals surface area contributed by atoms with Gasteiger partial charge in [0.15, 0.2) is 0 Å². The number of para-hydroxylation sites is 1. The third kappa shape index (κ3) is 5.21. The van der Waals surface area contributed by atoms with Crippen LogP contribution in [0.2, 0.25) is 0 Å². The molecule has 1 atom stereocenters. The molecule has 7 heteroatoms. The Labute approximate surface area is 215 Å². The number of aliphatic carboxylic acids is 1. The number of hydrazone groups is 1. The summed E-state index contributed by atoms with van der Waals surface area (Å²) in [7, 11) is 0. The Bertz CT molecular complexity index is 1440. The molecule has 1 N–H and O–H groups in total. The van der Waals surface area contributed by atoms with Crippen LogP contribution in [0.1, 0.15) is 48.4 Å². The third-order valence-corrected chi connectivity index (χ3v) is 6.58. The Hall–Kier alpha value is -4.52. The van der Waals surface area contributed by atoms with E-state index in [0.29, 0.717) is 6.42 Å². The van der Waals surface area contributed by atoms with E-state index in [0.717, 1.165) is 39.3 Å². The minimum absolute atomic E-state index is 0.0557. The topological polar surface area (TPSA) is 87.8 Å². The molecule has 5 rings (SSSR count). The Kier molecular flexibility index (Phi) is 6.94. The quantitative estimate of drug-likeness (QED) is 0.338. The summed E-state index contributed by atoms with van der Waals surface area (Å²) in [5.74, 6) is -1.11. The van der Waals surface area contributed by atoms with Gasteiger partial charge >= 0.3 is 5.97 Å². The molecule has 0 spiro atoms. The van der Waals surface area contributed by atoms with E-state index in [2.05, 4.69) is 13.0 Å². The van der Waals surface area contributed by atoms with E-state index < -0.39 is 5.97 Å². The lowest BCUT2D eigenvalue weighted by molar-refractivity contribution is -0.137. The fourth-order valence-corrected chi connectivity index (χ4v) is 4.69. The van der Waals surface area contributed by atoms with Crippen LogP contribution in [0.3, 0.4) is 0 Å². The van der Waals surface area contributed by atoms with Crippen LogP contribution < -0.4 is 0 Å². The van der Waals surface area contributed by atoms with Gasteiger partial charge in [0.05, 0.1) is 23.1 Å². The number of carboxylic acid groups (broad SMARTS) is 1. The Morgan fingerprint density at radius 1 is 0.919 bits per heavy atom. The van der Waals surface area contributed by atoms with Crippen LogP contribution in [0.15, 0.2) is 96.2 Å². The molecule has 3 aromatic carbocycles. The number of carboxylic acids is 1. The van der Waals surface area contributed by atoms with Crippen LogP contribution in [-0.4, -0.2) is 37.5 Å². The lowest BCUT2D eigenvalue weighted by Crippen LogP contribution is -2.27. The van der Waals surface area contributed by atoms with Crippen LogP contribution in [-0.2, 0) is 9.59 Å². The van der Waals surface area contributed by atoms with Gasteiger partial charge in [-0.25, -0.2) is 9.69 Å². The van der Waals surface area contributed by atoms with Gasteiger partial charge in [0, 0.05) is 36.6 Å². The average Bonchev–Trinajstić information content (AvgIpc) is 3.55. The van der Waals surface area contributed by atoms with Crippen LogP contribution in [0.5, 0.6) is 0 Å². The van der Waals surface area contributed by atoms with Gasteiger partial charge in [-0.05, 0) is 36.6 Å². The number of amides is 1. The molecule has 0 bridgehead atoms. The smallest absolute Gasteiger partial charge is 0.303 e. The highest BCUT2D eigenvalue weighted by atomic mass is 16.4. The summed E-state index contributed by atoms with van der Waals surface area (Å²) in [5.41, 5.74) is 6.49. The fraction of sp³-hybridized carbons (Fsp3) is 0.200. The first-order chi connectivity index (χ1) is 18.0. The first kappa shape index (κ1) is 24.2. The van der Waals surface area contributed by atoms with Crippen molar-refractivity contribution in [3.05, 3.63) is 108 Å². The molecule has 1 aromatic heterocycles. The summed E-state index contributed by atoms with van der Waals surface area (Å²) in [6.07, 6.45) is 2.85. The van der Waals surface area contributed by atoms with E-state index in [1.807, 2.05) is 89.7 Å². The van der Waals surface area contributed by atoms with Gasteiger partial charge in [-0.3, -0.25) is 9.59 Å². The number of hydrogen-bond acceptors (Lipinski definition) is 4. The molecule has 1 amide bonds. The number of aromatic nitrogens is 2. The molecule has 0 fully saturated rings. The summed E-state index contributed by atoms with van der Waals surface area (Å²) < 4.78 is 1.85. The zero-order valence-electron chi connectivity index (χ0n) is 20.6. The van der Waals surface area contributed by atoms with Crippen molar-refractivity contribution in [2.75, 3.05) is 0 Å². The molecule has 1 aliphatic rings. The van der Waals surface area contributed by atoms with Crippen LogP contribution in [0, 0.1) is 6.92 Å². The number of aryl methyl sites for hydroxylation is 1. The maximum Gasteiger partial charge on any atom is 0.303 e. The second kappa shape index (κ2) is 10.6. The number of carbonyl (C=O) groups excluding carboxylic acids is 1. The molecular weight excluding hydrogens is 464 g/mol. The van der Waals surface area contributed by atoms with Gasteiger partial charge < -0.3 is 5.11 Å². The Morgan fingerprint density at radius 3 is 2.30 bits per heavy atom. The summed E-state index contributed by atoms with van der Waals surface area (Å²) >= 11 is 0. The molecule has 37 heavy (non-hydrogen) atoms. The molecule has 0 aliphatic carbocycles. The second-order valence-electron chi connectivity index (χ2n) is 9.15. The highest BCUT2D eigenvalue weighted by molar-refractivity contribution is 6.03. The predicted octanol–water partition coefficient (Wildman–Crippen LogP) is 5.78. The zero-order chi connectivity index (χ0) is 25.8. The molecule has 2 heterocycles. The summed E-state index contributed by atoms with van der Waals surface area (Å²) in [6.45, 7) is 2.05.